The van der Waals surface area contributed by atoms with Crippen LogP contribution in [0.5, 0.6) is 0 Å². The van der Waals surface area contributed by atoms with Crippen molar-refractivity contribution in [1.29, 1.82) is 0 Å². The molecule has 194 valence electrons. The number of aromatic nitrogens is 2. The van der Waals surface area contributed by atoms with Gasteiger partial charge in [0.1, 0.15) is 11.6 Å². The summed E-state index contributed by atoms with van der Waals surface area (Å²) in [5, 5.41) is 4.57. The van der Waals surface area contributed by atoms with Gasteiger partial charge < -0.3 is 15.4 Å². The molecule has 1 aromatic heterocycles. The van der Waals surface area contributed by atoms with Crippen LogP contribution in [0.3, 0.4) is 0 Å². The Kier molecular flexibility index (Phi) is 7.52. The first-order chi connectivity index (χ1) is 17.0. The third-order valence-electron chi connectivity index (χ3n) is 7.22. The van der Waals surface area contributed by atoms with Crippen LogP contribution in [0.4, 0.5) is 0 Å². The zero-order valence-corrected chi connectivity index (χ0v) is 21.9. The van der Waals surface area contributed by atoms with Gasteiger partial charge in [0.2, 0.25) is 5.91 Å². The second-order valence-corrected chi connectivity index (χ2v) is 11.1. The molecule has 2 aliphatic rings. The highest BCUT2D eigenvalue weighted by atomic mass is 16.6. The van der Waals surface area contributed by atoms with Gasteiger partial charge in [0.25, 0.3) is 5.91 Å². The Balaban J connectivity index is 1.54. The molecule has 0 saturated heterocycles. The summed E-state index contributed by atoms with van der Waals surface area (Å²) in [6.45, 7) is 5.65. The molecular weight excluding hydrogens is 456 g/mol. The van der Waals surface area contributed by atoms with E-state index < -0.39 is 23.5 Å². The van der Waals surface area contributed by atoms with E-state index in [1.807, 2.05) is 36.1 Å². The summed E-state index contributed by atoms with van der Waals surface area (Å²) in [7, 11) is 2.00. The fraction of sp³-hybridized carbons (Fsp3) is 0.571. The Hall–Kier alpha value is -3.16. The average Bonchev–Trinajstić information content (AvgIpc) is 3.19. The number of aryl methyl sites for hydroxylation is 1. The summed E-state index contributed by atoms with van der Waals surface area (Å²) in [4.78, 5) is 39.2. The fourth-order valence-corrected chi connectivity index (χ4v) is 5.57. The summed E-state index contributed by atoms with van der Waals surface area (Å²) in [5.74, 6) is -0.793. The van der Waals surface area contributed by atoms with Crippen molar-refractivity contribution >= 4 is 17.8 Å². The Morgan fingerprint density at radius 2 is 1.83 bits per heavy atom. The number of carbonyl (C=O) groups is 3. The molecule has 8 nitrogen and oxygen atoms in total. The number of ether oxygens (including phenoxy) is 1. The molecule has 2 aromatic rings. The minimum atomic E-state index is -0.874. The molecule has 8 heteroatoms. The van der Waals surface area contributed by atoms with Crippen LogP contribution in [0.25, 0.3) is 11.1 Å². The highest BCUT2D eigenvalue weighted by Crippen LogP contribution is 2.38. The van der Waals surface area contributed by atoms with Crippen LogP contribution in [-0.2, 0) is 27.9 Å². The van der Waals surface area contributed by atoms with Crippen LogP contribution >= 0.6 is 0 Å². The Morgan fingerprint density at radius 3 is 2.47 bits per heavy atom. The molecule has 1 fully saturated rings. The summed E-state index contributed by atoms with van der Waals surface area (Å²) in [5.41, 5.74) is 9.87. The predicted octanol–water partition coefficient (Wildman–Crippen LogP) is 4.46. The third-order valence-corrected chi connectivity index (χ3v) is 7.22. The van der Waals surface area contributed by atoms with Gasteiger partial charge in [-0.15, -0.1) is 0 Å². The highest BCUT2D eigenvalue weighted by molar-refractivity contribution is 6.01. The number of nitrogens with zero attached hydrogens (tertiary/aromatic N) is 3. The number of amides is 2. The second-order valence-electron chi connectivity index (χ2n) is 11.1. The van der Waals surface area contributed by atoms with E-state index in [0.717, 1.165) is 16.7 Å². The van der Waals surface area contributed by atoms with Gasteiger partial charge in [-0.25, -0.2) is 0 Å². The molecule has 1 aliphatic carbocycles. The van der Waals surface area contributed by atoms with E-state index in [9.17, 15) is 14.4 Å². The van der Waals surface area contributed by atoms with Crippen molar-refractivity contribution < 1.29 is 19.1 Å². The minimum absolute atomic E-state index is 0.0106. The maximum Gasteiger partial charge on any atom is 0.306 e. The van der Waals surface area contributed by atoms with Gasteiger partial charge >= 0.3 is 5.97 Å². The van der Waals surface area contributed by atoms with Crippen LogP contribution in [0.1, 0.15) is 99.7 Å². The summed E-state index contributed by atoms with van der Waals surface area (Å²) in [6, 6.07) is 4.97. The lowest BCUT2D eigenvalue weighted by Crippen LogP contribution is -2.45. The standard InChI is InChI=1S/C28H38N4O4/c1-28(2,3)36-24(33)14-13-23(26(29)34)32-17-20-15-19(11-12-21(20)27(32)35)22-16-30-31(4)25(22)18-9-7-5-6-8-10-18/h11-12,15-16,18,23H,5-10,13-14,17H2,1-4H3,(H2,29,34). The van der Waals surface area contributed by atoms with Gasteiger partial charge in [0, 0.05) is 42.8 Å². The molecule has 1 atom stereocenters. The van der Waals surface area contributed by atoms with Crippen molar-refractivity contribution in [2.24, 2.45) is 12.8 Å². The molecule has 4 rings (SSSR count). The van der Waals surface area contributed by atoms with Gasteiger partial charge in [0.05, 0.1) is 6.20 Å². The lowest BCUT2D eigenvalue weighted by atomic mass is 9.90. The molecule has 1 aromatic carbocycles. The van der Waals surface area contributed by atoms with Gasteiger partial charge in [-0.2, -0.15) is 5.10 Å². The maximum absolute atomic E-state index is 13.2. The maximum atomic E-state index is 13.2. The first-order valence-corrected chi connectivity index (χ1v) is 13.0. The van der Waals surface area contributed by atoms with Crippen molar-refractivity contribution in [2.75, 3.05) is 0 Å². The SMILES string of the molecule is Cn1ncc(-c2ccc3c(c2)CN(C(CCC(=O)OC(C)(C)C)C(N)=O)C3=O)c1C1CCCCCC1. The zero-order chi connectivity index (χ0) is 26.0. The van der Waals surface area contributed by atoms with Crippen LogP contribution in [-0.4, -0.2) is 44.1 Å². The van der Waals surface area contributed by atoms with Crippen molar-refractivity contribution in [3.8, 4) is 11.1 Å². The Morgan fingerprint density at radius 1 is 1.14 bits per heavy atom. The minimum Gasteiger partial charge on any atom is -0.460 e. The molecule has 2 N–H and O–H groups in total. The Labute approximate surface area is 213 Å². The van der Waals surface area contributed by atoms with Crippen LogP contribution < -0.4 is 5.73 Å². The largest absolute Gasteiger partial charge is 0.460 e. The second kappa shape index (κ2) is 10.4. The summed E-state index contributed by atoms with van der Waals surface area (Å²) < 4.78 is 7.35. The molecule has 2 heterocycles. The lowest BCUT2D eigenvalue weighted by Gasteiger charge is -2.25. The molecule has 0 spiro atoms. The summed E-state index contributed by atoms with van der Waals surface area (Å²) in [6.07, 6.45) is 9.45. The van der Waals surface area contributed by atoms with Gasteiger partial charge in [0.15, 0.2) is 0 Å². The topological polar surface area (TPSA) is 108 Å². The van der Waals surface area contributed by atoms with Crippen LogP contribution in [0.15, 0.2) is 24.4 Å². The van der Waals surface area contributed by atoms with Crippen LogP contribution in [0, 0.1) is 0 Å². The van der Waals surface area contributed by atoms with E-state index >= 15 is 0 Å². The number of benzene rings is 1. The molecular formula is C28H38N4O4. The number of hydrogen-bond donors (Lipinski definition) is 1. The zero-order valence-electron chi connectivity index (χ0n) is 21.9. The van der Waals surface area contributed by atoms with Crippen molar-refractivity contribution in [3.05, 3.63) is 41.2 Å². The predicted molar refractivity (Wildman–Crippen MR) is 137 cm³/mol. The smallest absolute Gasteiger partial charge is 0.306 e. The fourth-order valence-electron chi connectivity index (χ4n) is 5.57. The van der Waals surface area contributed by atoms with E-state index in [2.05, 4.69) is 5.10 Å². The highest BCUT2D eigenvalue weighted by Gasteiger charge is 2.36. The quantitative estimate of drug-likeness (QED) is 0.452. The van der Waals surface area contributed by atoms with Crippen molar-refractivity contribution in [1.82, 2.24) is 14.7 Å². The van der Waals surface area contributed by atoms with Gasteiger partial charge in [-0.1, -0.05) is 31.7 Å². The normalized spacial score (nSPS) is 17.6. The van der Waals surface area contributed by atoms with Crippen molar-refractivity contribution in [2.45, 2.75) is 96.2 Å². The van der Waals surface area contributed by atoms with Crippen molar-refractivity contribution in [3.63, 3.8) is 0 Å². The molecule has 0 radical (unpaired) electrons. The molecule has 1 aliphatic heterocycles. The number of rotatable bonds is 7. The van der Waals surface area contributed by atoms with E-state index in [1.54, 1.807) is 20.8 Å². The molecule has 2 amide bonds. The number of primary amides is 1. The number of fused-ring (bicyclic) bond motifs is 1. The third kappa shape index (κ3) is 5.63. The van der Waals surface area contributed by atoms with E-state index in [1.165, 1.54) is 49.1 Å². The van der Waals surface area contributed by atoms with Crippen LogP contribution in [0.2, 0.25) is 0 Å². The van der Waals surface area contributed by atoms with E-state index in [0.29, 0.717) is 11.5 Å². The molecule has 36 heavy (non-hydrogen) atoms. The Bertz CT molecular complexity index is 1140. The van der Waals surface area contributed by atoms with E-state index in [4.69, 9.17) is 10.5 Å². The monoisotopic (exact) mass is 494 g/mol. The first-order valence-electron chi connectivity index (χ1n) is 13.0. The lowest BCUT2D eigenvalue weighted by molar-refractivity contribution is -0.155. The molecule has 0 bridgehead atoms. The molecule has 1 saturated carbocycles. The summed E-state index contributed by atoms with van der Waals surface area (Å²) >= 11 is 0. The van der Waals surface area contributed by atoms with Gasteiger partial charge in [-0.3, -0.25) is 19.1 Å². The molecule has 1 unspecified atom stereocenters. The number of carbonyl (C=O) groups excluding carboxylic acids is 3. The van der Waals surface area contributed by atoms with Gasteiger partial charge in [-0.05, 0) is 63.3 Å². The average molecular weight is 495 g/mol. The first kappa shape index (κ1) is 25.9. The van der Waals surface area contributed by atoms with E-state index in [-0.39, 0.29) is 25.3 Å². The number of hydrogen-bond acceptors (Lipinski definition) is 5. The number of esters is 1. The number of nitrogens with two attached hydrogens (primary N) is 1.